The highest BCUT2D eigenvalue weighted by Crippen LogP contribution is 2.58. The van der Waals surface area contributed by atoms with E-state index in [-0.39, 0.29) is 5.41 Å². The molecule has 82 valence electrons. The molecule has 1 aliphatic rings. The van der Waals surface area contributed by atoms with Crippen LogP contribution >= 0.6 is 0 Å². The SMILES string of the molecule is Cc1cccc([C@H](C)[C@H]2C[C@]2(C)CO)c1. The van der Waals surface area contributed by atoms with Gasteiger partial charge >= 0.3 is 0 Å². The van der Waals surface area contributed by atoms with Crippen LogP contribution in [-0.2, 0) is 0 Å². The zero-order valence-electron chi connectivity index (χ0n) is 9.83. The fourth-order valence-electron chi connectivity index (χ4n) is 2.59. The number of rotatable bonds is 3. The fourth-order valence-corrected chi connectivity index (χ4v) is 2.59. The Labute approximate surface area is 92.1 Å². The Bertz CT molecular complexity index is 358. The van der Waals surface area contributed by atoms with Crippen LogP contribution in [0.3, 0.4) is 0 Å². The highest BCUT2D eigenvalue weighted by Gasteiger charge is 2.52. The Morgan fingerprint density at radius 2 is 2.27 bits per heavy atom. The van der Waals surface area contributed by atoms with Gasteiger partial charge in [0, 0.05) is 6.61 Å². The summed E-state index contributed by atoms with van der Waals surface area (Å²) in [6.45, 7) is 6.92. The number of aliphatic hydroxyl groups is 1. The van der Waals surface area contributed by atoms with Crippen molar-refractivity contribution < 1.29 is 5.11 Å². The van der Waals surface area contributed by atoms with Gasteiger partial charge in [0.2, 0.25) is 0 Å². The summed E-state index contributed by atoms with van der Waals surface area (Å²) in [7, 11) is 0. The van der Waals surface area contributed by atoms with Crippen molar-refractivity contribution in [2.75, 3.05) is 6.61 Å². The molecule has 0 spiro atoms. The topological polar surface area (TPSA) is 20.2 Å². The van der Waals surface area contributed by atoms with Crippen LogP contribution in [0.15, 0.2) is 24.3 Å². The summed E-state index contributed by atoms with van der Waals surface area (Å²) >= 11 is 0. The molecule has 1 N–H and O–H groups in total. The van der Waals surface area contributed by atoms with Crippen molar-refractivity contribution in [1.82, 2.24) is 0 Å². The molecule has 0 heterocycles. The van der Waals surface area contributed by atoms with Crippen molar-refractivity contribution in [3.63, 3.8) is 0 Å². The average Bonchev–Trinajstić information content (AvgIpc) is 2.91. The quantitative estimate of drug-likeness (QED) is 0.802. The Morgan fingerprint density at radius 3 is 2.80 bits per heavy atom. The van der Waals surface area contributed by atoms with Gasteiger partial charge in [0.05, 0.1) is 0 Å². The van der Waals surface area contributed by atoms with Crippen molar-refractivity contribution in [2.45, 2.75) is 33.1 Å². The first-order chi connectivity index (χ1) is 7.07. The highest BCUT2D eigenvalue weighted by molar-refractivity contribution is 5.27. The summed E-state index contributed by atoms with van der Waals surface area (Å²) in [5.41, 5.74) is 2.92. The second-order valence-electron chi connectivity index (χ2n) is 5.33. The summed E-state index contributed by atoms with van der Waals surface area (Å²) in [5, 5.41) is 9.29. The van der Waals surface area contributed by atoms with Gasteiger partial charge in [-0.15, -0.1) is 0 Å². The maximum Gasteiger partial charge on any atom is 0.0487 e. The molecule has 1 saturated carbocycles. The minimum Gasteiger partial charge on any atom is -0.396 e. The third-order valence-corrected chi connectivity index (χ3v) is 3.95. The van der Waals surface area contributed by atoms with E-state index < -0.39 is 0 Å². The molecule has 0 radical (unpaired) electrons. The van der Waals surface area contributed by atoms with Crippen LogP contribution < -0.4 is 0 Å². The lowest BCUT2D eigenvalue weighted by Gasteiger charge is -2.15. The van der Waals surface area contributed by atoms with Crippen molar-refractivity contribution in [2.24, 2.45) is 11.3 Å². The summed E-state index contributed by atoms with van der Waals surface area (Å²) in [5.74, 6) is 1.23. The van der Waals surface area contributed by atoms with Crippen LogP contribution in [0.2, 0.25) is 0 Å². The lowest BCUT2D eigenvalue weighted by molar-refractivity contribution is 0.207. The van der Waals surface area contributed by atoms with E-state index >= 15 is 0 Å². The van der Waals surface area contributed by atoms with Gasteiger partial charge in [0.1, 0.15) is 0 Å². The number of aryl methyl sites for hydroxylation is 1. The zero-order chi connectivity index (χ0) is 11.1. The first kappa shape index (κ1) is 10.7. The Kier molecular flexibility index (Phi) is 2.59. The van der Waals surface area contributed by atoms with Crippen LogP contribution in [0.1, 0.15) is 37.3 Å². The fraction of sp³-hybridized carbons (Fsp3) is 0.571. The molecule has 15 heavy (non-hydrogen) atoms. The second-order valence-corrected chi connectivity index (χ2v) is 5.33. The molecule has 0 amide bonds. The van der Waals surface area contributed by atoms with E-state index in [1.807, 2.05) is 0 Å². The molecule has 3 atom stereocenters. The van der Waals surface area contributed by atoms with Crippen molar-refractivity contribution in [1.29, 1.82) is 0 Å². The summed E-state index contributed by atoms with van der Waals surface area (Å²) in [4.78, 5) is 0. The average molecular weight is 204 g/mol. The van der Waals surface area contributed by atoms with E-state index in [0.29, 0.717) is 18.4 Å². The summed E-state index contributed by atoms with van der Waals surface area (Å²) < 4.78 is 0. The maximum atomic E-state index is 9.29. The molecule has 0 bridgehead atoms. The first-order valence-corrected chi connectivity index (χ1v) is 5.74. The van der Waals surface area contributed by atoms with Gasteiger partial charge in [0.15, 0.2) is 0 Å². The normalized spacial score (nSPS) is 31.3. The lowest BCUT2D eigenvalue weighted by Crippen LogP contribution is -2.08. The van der Waals surface area contributed by atoms with Crippen LogP contribution in [0.25, 0.3) is 0 Å². The molecule has 0 unspecified atom stereocenters. The molecule has 1 aromatic carbocycles. The second kappa shape index (κ2) is 3.64. The van der Waals surface area contributed by atoms with Gasteiger partial charge in [-0.3, -0.25) is 0 Å². The smallest absolute Gasteiger partial charge is 0.0487 e. The van der Waals surface area contributed by atoms with Gasteiger partial charge in [-0.25, -0.2) is 0 Å². The minimum atomic E-state index is 0.184. The van der Waals surface area contributed by atoms with Crippen molar-refractivity contribution >= 4 is 0 Å². The predicted octanol–water partition coefficient (Wildman–Crippen LogP) is 3.12. The molecule has 0 saturated heterocycles. The predicted molar refractivity (Wildman–Crippen MR) is 62.9 cm³/mol. The van der Waals surface area contributed by atoms with E-state index in [9.17, 15) is 5.11 Å². The van der Waals surface area contributed by atoms with Crippen LogP contribution in [-0.4, -0.2) is 11.7 Å². The van der Waals surface area contributed by atoms with E-state index in [1.165, 1.54) is 17.5 Å². The molecule has 1 aromatic rings. The van der Waals surface area contributed by atoms with Gasteiger partial charge in [0.25, 0.3) is 0 Å². The molecule has 1 heteroatoms. The number of hydrogen-bond acceptors (Lipinski definition) is 1. The standard InChI is InChI=1S/C14H20O/c1-10-5-4-6-12(7-10)11(2)13-8-14(13,3)9-15/h4-7,11,13,15H,8-9H2,1-3H3/t11-,13+,14+/m0/s1. The van der Waals surface area contributed by atoms with Crippen molar-refractivity contribution in [3.05, 3.63) is 35.4 Å². The van der Waals surface area contributed by atoms with Crippen LogP contribution in [0.5, 0.6) is 0 Å². The van der Waals surface area contributed by atoms with E-state index in [0.717, 1.165) is 0 Å². The molecule has 0 aromatic heterocycles. The van der Waals surface area contributed by atoms with Gasteiger partial charge in [-0.05, 0) is 36.2 Å². The Balaban J connectivity index is 2.13. The van der Waals surface area contributed by atoms with Gasteiger partial charge in [-0.2, -0.15) is 0 Å². The van der Waals surface area contributed by atoms with Crippen LogP contribution in [0.4, 0.5) is 0 Å². The number of hydrogen-bond donors (Lipinski definition) is 1. The third kappa shape index (κ3) is 1.93. The lowest BCUT2D eigenvalue weighted by atomic mass is 9.91. The molecular weight excluding hydrogens is 184 g/mol. The molecular formula is C14H20O. The van der Waals surface area contributed by atoms with Gasteiger partial charge in [-0.1, -0.05) is 43.7 Å². The number of benzene rings is 1. The highest BCUT2D eigenvalue weighted by atomic mass is 16.3. The molecule has 1 nitrogen and oxygen atoms in total. The maximum absolute atomic E-state index is 9.29. The molecule has 1 aliphatic carbocycles. The molecule has 1 fully saturated rings. The van der Waals surface area contributed by atoms with E-state index in [2.05, 4.69) is 45.0 Å². The summed E-state index contributed by atoms with van der Waals surface area (Å²) in [6.07, 6.45) is 1.17. The Morgan fingerprint density at radius 1 is 1.53 bits per heavy atom. The van der Waals surface area contributed by atoms with Gasteiger partial charge < -0.3 is 5.11 Å². The van der Waals surface area contributed by atoms with E-state index in [1.54, 1.807) is 0 Å². The largest absolute Gasteiger partial charge is 0.396 e. The minimum absolute atomic E-state index is 0.184. The Hall–Kier alpha value is -0.820. The van der Waals surface area contributed by atoms with Crippen LogP contribution in [0, 0.1) is 18.3 Å². The third-order valence-electron chi connectivity index (χ3n) is 3.95. The van der Waals surface area contributed by atoms with E-state index in [4.69, 9.17) is 0 Å². The van der Waals surface area contributed by atoms with Crippen molar-refractivity contribution in [3.8, 4) is 0 Å². The molecule has 0 aliphatic heterocycles. The first-order valence-electron chi connectivity index (χ1n) is 5.74. The molecule has 2 rings (SSSR count). The summed E-state index contributed by atoms with van der Waals surface area (Å²) in [6, 6.07) is 8.72. The zero-order valence-corrected chi connectivity index (χ0v) is 9.83. The monoisotopic (exact) mass is 204 g/mol. The number of aliphatic hydroxyl groups excluding tert-OH is 1.